The van der Waals surface area contributed by atoms with Gasteiger partial charge in [0.25, 0.3) is 0 Å². The fourth-order valence-electron chi connectivity index (χ4n) is 1.46. The van der Waals surface area contributed by atoms with Gasteiger partial charge in [0.1, 0.15) is 0 Å². The number of hydrogen-bond acceptors (Lipinski definition) is 5. The maximum absolute atomic E-state index is 5.57. The third kappa shape index (κ3) is 4.95. The molecule has 5 heteroatoms. The summed E-state index contributed by atoms with van der Waals surface area (Å²) in [6.07, 6.45) is 4.13. The number of nitrogens with one attached hydrogen (secondary N) is 1. The van der Waals surface area contributed by atoms with E-state index in [0.29, 0.717) is 6.04 Å². The molecule has 1 atom stereocenters. The van der Waals surface area contributed by atoms with Crippen LogP contribution in [0.1, 0.15) is 37.9 Å². The smallest absolute Gasteiger partial charge is 0.0944 e. The van der Waals surface area contributed by atoms with Crippen LogP contribution in [0.4, 0.5) is 0 Å². The summed E-state index contributed by atoms with van der Waals surface area (Å²) in [6.45, 7) is 6.58. The molecule has 0 spiro atoms. The number of thiazole rings is 1. The first-order valence-corrected chi connectivity index (χ1v) is 8.14. The van der Waals surface area contributed by atoms with Crippen LogP contribution in [0.5, 0.6) is 0 Å². The van der Waals surface area contributed by atoms with Gasteiger partial charge in [0.2, 0.25) is 0 Å². The van der Waals surface area contributed by atoms with Gasteiger partial charge in [-0.2, -0.15) is 11.8 Å². The number of thioether (sulfide) groups is 1. The van der Waals surface area contributed by atoms with E-state index >= 15 is 0 Å². The Morgan fingerprint density at radius 2 is 2.24 bits per heavy atom. The van der Waals surface area contributed by atoms with Crippen molar-refractivity contribution < 1.29 is 0 Å². The lowest BCUT2D eigenvalue weighted by Gasteiger charge is -2.15. The van der Waals surface area contributed by atoms with E-state index in [-0.39, 0.29) is 5.41 Å². The van der Waals surface area contributed by atoms with Crippen molar-refractivity contribution in [2.24, 2.45) is 5.84 Å². The molecule has 0 bridgehead atoms. The molecule has 0 radical (unpaired) electrons. The third-order valence-electron chi connectivity index (χ3n) is 2.65. The molecule has 0 aliphatic rings. The van der Waals surface area contributed by atoms with Crippen LogP contribution in [0.15, 0.2) is 5.38 Å². The Balaban J connectivity index is 2.58. The Kier molecular flexibility index (Phi) is 5.92. The minimum absolute atomic E-state index is 0.139. The van der Waals surface area contributed by atoms with E-state index < -0.39 is 0 Å². The minimum atomic E-state index is 0.139. The molecule has 1 unspecified atom stereocenters. The van der Waals surface area contributed by atoms with E-state index in [1.807, 2.05) is 11.8 Å². The molecule has 1 aromatic heterocycles. The Labute approximate surface area is 113 Å². The number of hydrazine groups is 1. The van der Waals surface area contributed by atoms with Gasteiger partial charge in [0.15, 0.2) is 0 Å². The highest BCUT2D eigenvalue weighted by Gasteiger charge is 2.18. The summed E-state index contributed by atoms with van der Waals surface area (Å²) in [6, 6.07) is 0.335. The summed E-state index contributed by atoms with van der Waals surface area (Å²) in [5.74, 6) is 6.70. The van der Waals surface area contributed by atoms with Gasteiger partial charge < -0.3 is 0 Å². The van der Waals surface area contributed by atoms with Crippen molar-refractivity contribution in [2.45, 2.75) is 45.1 Å². The fraction of sp³-hybridized carbons (Fsp3) is 0.750. The fourth-order valence-corrected chi connectivity index (χ4v) is 3.09. The Hall–Kier alpha value is -0.100. The van der Waals surface area contributed by atoms with E-state index in [9.17, 15) is 0 Å². The van der Waals surface area contributed by atoms with Crippen LogP contribution in [0.3, 0.4) is 0 Å². The second-order valence-electron chi connectivity index (χ2n) is 5.23. The molecule has 3 nitrogen and oxygen atoms in total. The predicted octanol–water partition coefficient (Wildman–Crippen LogP) is 2.57. The van der Waals surface area contributed by atoms with Crippen LogP contribution in [-0.4, -0.2) is 23.0 Å². The van der Waals surface area contributed by atoms with E-state index in [4.69, 9.17) is 10.8 Å². The van der Waals surface area contributed by atoms with Crippen molar-refractivity contribution in [3.05, 3.63) is 16.1 Å². The lowest BCUT2D eigenvalue weighted by Crippen LogP contribution is -2.37. The molecule has 1 heterocycles. The molecule has 0 saturated carbocycles. The summed E-state index contributed by atoms with van der Waals surface area (Å²) < 4.78 is 0. The molecular weight excluding hydrogens is 250 g/mol. The Bertz CT molecular complexity index is 331. The van der Waals surface area contributed by atoms with E-state index in [0.717, 1.165) is 18.6 Å². The quantitative estimate of drug-likeness (QED) is 0.618. The Morgan fingerprint density at radius 1 is 1.53 bits per heavy atom. The number of rotatable bonds is 6. The van der Waals surface area contributed by atoms with Crippen molar-refractivity contribution in [3.63, 3.8) is 0 Å². The maximum Gasteiger partial charge on any atom is 0.0944 e. The normalized spacial score (nSPS) is 13.9. The third-order valence-corrected chi connectivity index (χ3v) is 4.16. The largest absolute Gasteiger partial charge is 0.271 e. The zero-order valence-corrected chi connectivity index (χ0v) is 12.8. The van der Waals surface area contributed by atoms with Gasteiger partial charge in [-0.15, -0.1) is 11.3 Å². The predicted molar refractivity (Wildman–Crippen MR) is 78.6 cm³/mol. The molecular formula is C12H23N3S2. The highest BCUT2D eigenvalue weighted by Crippen LogP contribution is 2.24. The molecule has 0 aromatic carbocycles. The molecule has 0 aliphatic carbocycles. The van der Waals surface area contributed by atoms with Gasteiger partial charge in [0.05, 0.1) is 10.7 Å². The molecule has 0 aliphatic heterocycles. The van der Waals surface area contributed by atoms with E-state index in [2.05, 4.69) is 37.8 Å². The topological polar surface area (TPSA) is 50.9 Å². The van der Waals surface area contributed by atoms with Crippen LogP contribution < -0.4 is 11.3 Å². The van der Waals surface area contributed by atoms with Crippen LogP contribution in [0, 0.1) is 0 Å². The van der Waals surface area contributed by atoms with Gasteiger partial charge in [-0.25, -0.2) is 4.98 Å². The summed E-state index contributed by atoms with van der Waals surface area (Å²) in [4.78, 5) is 4.69. The van der Waals surface area contributed by atoms with Gasteiger partial charge >= 0.3 is 0 Å². The van der Waals surface area contributed by atoms with Crippen molar-refractivity contribution in [2.75, 3.05) is 12.0 Å². The average molecular weight is 273 g/mol. The molecule has 1 aromatic rings. The number of hydrogen-bond donors (Lipinski definition) is 2. The Morgan fingerprint density at radius 3 is 2.71 bits per heavy atom. The van der Waals surface area contributed by atoms with Gasteiger partial charge in [0, 0.05) is 23.3 Å². The van der Waals surface area contributed by atoms with Crippen molar-refractivity contribution in [1.29, 1.82) is 0 Å². The van der Waals surface area contributed by atoms with Crippen LogP contribution in [-0.2, 0) is 11.8 Å². The van der Waals surface area contributed by atoms with Gasteiger partial charge in [-0.3, -0.25) is 11.3 Å². The average Bonchev–Trinajstić information content (AvgIpc) is 2.72. The molecule has 3 N–H and O–H groups in total. The molecule has 1 rings (SSSR count). The number of nitrogens with two attached hydrogens (primary N) is 1. The first-order chi connectivity index (χ1) is 7.97. The highest BCUT2D eigenvalue weighted by molar-refractivity contribution is 7.98. The van der Waals surface area contributed by atoms with Crippen molar-refractivity contribution in [1.82, 2.24) is 10.4 Å². The van der Waals surface area contributed by atoms with Crippen molar-refractivity contribution >= 4 is 23.1 Å². The highest BCUT2D eigenvalue weighted by atomic mass is 32.2. The summed E-state index contributed by atoms with van der Waals surface area (Å²) in [5, 5.41) is 3.34. The van der Waals surface area contributed by atoms with E-state index in [1.165, 1.54) is 10.7 Å². The zero-order chi connectivity index (χ0) is 12.9. The van der Waals surface area contributed by atoms with Crippen LogP contribution in [0.2, 0.25) is 0 Å². The lowest BCUT2D eigenvalue weighted by molar-refractivity contribution is 0.509. The zero-order valence-electron chi connectivity index (χ0n) is 11.1. The summed E-state index contributed by atoms with van der Waals surface area (Å²) in [5.41, 5.74) is 4.20. The SMILES string of the molecule is CSCCC(Cc1nc(C(C)(C)C)cs1)NN. The van der Waals surface area contributed by atoms with Crippen LogP contribution >= 0.6 is 23.1 Å². The minimum Gasteiger partial charge on any atom is -0.271 e. The first kappa shape index (κ1) is 15.0. The number of nitrogens with zero attached hydrogens (tertiary/aromatic N) is 1. The molecule has 0 fully saturated rings. The molecule has 0 saturated heterocycles. The van der Waals surface area contributed by atoms with Gasteiger partial charge in [-0.05, 0) is 18.4 Å². The second kappa shape index (κ2) is 6.73. The lowest BCUT2D eigenvalue weighted by atomic mass is 9.93. The van der Waals surface area contributed by atoms with Gasteiger partial charge in [-0.1, -0.05) is 20.8 Å². The first-order valence-electron chi connectivity index (χ1n) is 5.87. The number of aromatic nitrogens is 1. The summed E-state index contributed by atoms with van der Waals surface area (Å²) in [7, 11) is 0. The molecule has 17 heavy (non-hydrogen) atoms. The standard InChI is InChI=1S/C12H23N3S2/c1-12(2,3)10-8-17-11(14-10)7-9(15-13)5-6-16-4/h8-9,15H,5-7,13H2,1-4H3. The maximum atomic E-state index is 5.57. The van der Waals surface area contributed by atoms with Crippen LogP contribution in [0.25, 0.3) is 0 Å². The van der Waals surface area contributed by atoms with Crippen molar-refractivity contribution in [3.8, 4) is 0 Å². The van der Waals surface area contributed by atoms with E-state index in [1.54, 1.807) is 11.3 Å². The molecule has 98 valence electrons. The summed E-state index contributed by atoms with van der Waals surface area (Å²) >= 11 is 3.59. The monoisotopic (exact) mass is 273 g/mol. The molecule has 0 amide bonds. The second-order valence-corrected chi connectivity index (χ2v) is 7.15.